The molecule has 4 aliphatic rings. The zero-order valence-corrected chi connectivity index (χ0v) is 33.2. The predicted octanol–water partition coefficient (Wildman–Crippen LogP) is 4.05. The van der Waals surface area contributed by atoms with Gasteiger partial charge in [0.25, 0.3) is 0 Å². The SMILES string of the molecule is C=C1C2C(=O)C3(C)C(OC14C(OC(C)=O)C(=O)OC(c1ccoc1)C4(C)C2OC(C)=O)C(OC(=O)C(C)C)C(OC(=O)c1cccnc1)C(C)(C)C3CC(=O)OC. The first-order chi connectivity index (χ1) is 26.7. The van der Waals surface area contributed by atoms with E-state index in [4.69, 9.17) is 37.6 Å². The molecule has 1 spiro atoms. The van der Waals surface area contributed by atoms with Crippen LogP contribution in [0.2, 0.25) is 0 Å². The third kappa shape index (κ3) is 6.14. The van der Waals surface area contributed by atoms with Gasteiger partial charge in [0.15, 0.2) is 17.5 Å². The van der Waals surface area contributed by atoms with E-state index in [1.54, 1.807) is 34.6 Å². The Labute approximate surface area is 328 Å². The molecule has 2 aromatic heterocycles. The molecule has 0 N–H and O–H groups in total. The van der Waals surface area contributed by atoms with Gasteiger partial charge in [-0.25, -0.2) is 9.59 Å². The number of esters is 6. The fourth-order valence-corrected chi connectivity index (χ4v) is 9.78. The van der Waals surface area contributed by atoms with E-state index in [9.17, 15) is 28.8 Å². The zero-order chi connectivity index (χ0) is 42.0. The highest BCUT2D eigenvalue weighted by Crippen LogP contribution is 2.71. The summed E-state index contributed by atoms with van der Waals surface area (Å²) in [6.07, 6.45) is -4.64. The van der Waals surface area contributed by atoms with Crippen LogP contribution in [0.5, 0.6) is 0 Å². The van der Waals surface area contributed by atoms with Gasteiger partial charge in [0, 0.05) is 37.2 Å². The Morgan fingerprint density at radius 2 is 1.63 bits per heavy atom. The van der Waals surface area contributed by atoms with E-state index in [-0.39, 0.29) is 16.7 Å². The van der Waals surface area contributed by atoms with Gasteiger partial charge in [0.05, 0.1) is 54.3 Å². The number of carbonyl (C=O) groups excluding carboxylic acids is 7. The van der Waals surface area contributed by atoms with Gasteiger partial charge in [-0.3, -0.25) is 29.0 Å². The van der Waals surface area contributed by atoms with Gasteiger partial charge in [-0.15, -0.1) is 0 Å². The molecule has 2 saturated heterocycles. The van der Waals surface area contributed by atoms with E-state index < -0.39 is 124 Å². The van der Waals surface area contributed by atoms with Crippen molar-refractivity contribution in [3.05, 3.63) is 66.4 Å². The summed E-state index contributed by atoms with van der Waals surface area (Å²) in [5.74, 6) is -9.22. The van der Waals surface area contributed by atoms with Gasteiger partial charge >= 0.3 is 35.8 Å². The zero-order valence-electron chi connectivity index (χ0n) is 33.2. The monoisotopic (exact) mass is 793 g/mol. The van der Waals surface area contributed by atoms with E-state index in [0.29, 0.717) is 0 Å². The van der Waals surface area contributed by atoms with Crippen molar-refractivity contribution in [3.63, 3.8) is 0 Å². The largest absolute Gasteiger partial charge is 0.472 e. The minimum Gasteiger partial charge on any atom is -0.472 e. The fraction of sp³-hybridized carbons (Fsp3) is 0.561. The number of ketones is 1. The van der Waals surface area contributed by atoms with Crippen LogP contribution in [0.25, 0.3) is 0 Å². The molecule has 4 fully saturated rings. The number of pyridine rings is 1. The summed E-state index contributed by atoms with van der Waals surface area (Å²) >= 11 is 0. The maximum absolute atomic E-state index is 15.9. The van der Waals surface area contributed by atoms with Crippen molar-refractivity contribution in [1.82, 2.24) is 4.98 Å². The van der Waals surface area contributed by atoms with Crippen molar-refractivity contribution in [1.29, 1.82) is 0 Å². The topological polar surface area (TPSA) is 210 Å². The lowest BCUT2D eigenvalue weighted by molar-refractivity contribution is -0.316. The minimum absolute atomic E-state index is 0.0497. The molecule has 2 saturated carbocycles. The Bertz CT molecular complexity index is 1990. The standard InChI is InChI=1S/C41H47NO15/c1-19(2)35(47)54-28-32(56-36(48)23-12-11-14-42-17-23)38(6,7)25(16-26(45)50-10)39(8)29(46)27-20(3)41(57-33(28)39)34(53-22(5)44)37(49)55-30(24-13-15-51-18-24)40(41,9)31(27)52-21(4)43/h11-15,17-19,25,27-28,30-34H,3,16H2,1-2,4-10H3. The molecule has 11 atom stereocenters. The van der Waals surface area contributed by atoms with Gasteiger partial charge in [0.2, 0.25) is 6.10 Å². The van der Waals surface area contributed by atoms with Gasteiger partial charge in [-0.1, -0.05) is 34.3 Å². The summed E-state index contributed by atoms with van der Waals surface area (Å²) in [5, 5.41) is 0. The third-order valence-corrected chi connectivity index (χ3v) is 12.5. The lowest BCUT2D eigenvalue weighted by Crippen LogP contribution is -2.75. The van der Waals surface area contributed by atoms with Crippen LogP contribution in [-0.4, -0.2) is 89.8 Å². The number of carbonyl (C=O) groups is 7. The Hall–Kier alpha value is -5.38. The van der Waals surface area contributed by atoms with Crippen LogP contribution in [0.1, 0.15) is 83.8 Å². The molecule has 11 unspecified atom stereocenters. The third-order valence-electron chi connectivity index (χ3n) is 12.5. The number of cyclic esters (lactones) is 1. The number of hydrogen-bond acceptors (Lipinski definition) is 16. The average Bonchev–Trinajstić information content (AvgIpc) is 3.73. The van der Waals surface area contributed by atoms with Crippen molar-refractivity contribution in [3.8, 4) is 0 Å². The number of fused-ring (bicyclic) bond motifs is 2. The number of Topliss-reactive ketones (excluding diaryl/α,β-unsaturated/α-hetero) is 1. The molecule has 2 bridgehead atoms. The molecule has 0 aromatic carbocycles. The second-order valence-corrected chi connectivity index (χ2v) is 16.4. The second kappa shape index (κ2) is 14.5. The van der Waals surface area contributed by atoms with E-state index in [0.717, 1.165) is 13.8 Å². The Morgan fingerprint density at radius 3 is 2.19 bits per heavy atom. The van der Waals surface area contributed by atoms with Crippen LogP contribution >= 0.6 is 0 Å². The van der Waals surface area contributed by atoms with Gasteiger partial charge in [-0.2, -0.15) is 0 Å². The Balaban J connectivity index is 1.69. The van der Waals surface area contributed by atoms with Crippen molar-refractivity contribution in [2.75, 3.05) is 7.11 Å². The molecule has 16 nitrogen and oxygen atoms in total. The maximum Gasteiger partial charge on any atom is 0.351 e. The molecule has 16 heteroatoms. The van der Waals surface area contributed by atoms with Crippen LogP contribution in [0.4, 0.5) is 0 Å². The molecule has 4 heterocycles. The highest BCUT2D eigenvalue weighted by atomic mass is 16.7. The minimum atomic E-state index is -2.28. The molecule has 0 amide bonds. The van der Waals surface area contributed by atoms with E-state index in [2.05, 4.69) is 11.6 Å². The number of ether oxygens (including phenoxy) is 7. The number of methoxy groups -OCH3 is 1. The summed E-state index contributed by atoms with van der Waals surface area (Å²) in [4.78, 5) is 101. The number of furan rings is 1. The maximum atomic E-state index is 15.9. The van der Waals surface area contributed by atoms with E-state index in [1.165, 1.54) is 57.2 Å². The van der Waals surface area contributed by atoms with Crippen molar-refractivity contribution in [2.24, 2.45) is 34.0 Å². The smallest absolute Gasteiger partial charge is 0.351 e. The summed E-state index contributed by atoms with van der Waals surface area (Å²) in [6.45, 7) is 16.1. The lowest BCUT2D eigenvalue weighted by atomic mass is 9.49. The first-order valence-corrected chi connectivity index (χ1v) is 18.6. The Morgan fingerprint density at radius 1 is 0.947 bits per heavy atom. The highest BCUT2D eigenvalue weighted by Gasteiger charge is 2.84. The first-order valence-electron chi connectivity index (χ1n) is 18.6. The normalized spacial score (nSPS) is 35.2. The lowest BCUT2D eigenvalue weighted by Gasteiger charge is -2.62. The van der Waals surface area contributed by atoms with Crippen LogP contribution in [-0.2, 0) is 61.9 Å². The molecule has 57 heavy (non-hydrogen) atoms. The molecular weight excluding hydrogens is 746 g/mol. The summed E-state index contributed by atoms with van der Waals surface area (Å²) in [6, 6.07) is 4.51. The molecular formula is C41H47NO15. The van der Waals surface area contributed by atoms with E-state index >= 15 is 4.79 Å². The van der Waals surface area contributed by atoms with Gasteiger partial charge in [0.1, 0.15) is 24.4 Å². The average molecular weight is 794 g/mol. The molecule has 306 valence electrons. The van der Waals surface area contributed by atoms with Crippen molar-refractivity contribution >= 4 is 41.6 Å². The fourth-order valence-electron chi connectivity index (χ4n) is 9.78. The summed E-state index contributed by atoms with van der Waals surface area (Å²) in [7, 11) is 1.18. The predicted molar refractivity (Wildman–Crippen MR) is 192 cm³/mol. The number of rotatable bonds is 9. The molecule has 2 aromatic rings. The van der Waals surface area contributed by atoms with Gasteiger partial charge in [-0.05, 0) is 43.5 Å². The van der Waals surface area contributed by atoms with Crippen LogP contribution in [0, 0.1) is 34.0 Å². The molecule has 0 radical (unpaired) electrons. The van der Waals surface area contributed by atoms with Crippen molar-refractivity contribution < 1.29 is 71.1 Å². The quantitative estimate of drug-likeness (QED) is 0.199. The first kappa shape index (κ1) is 41.3. The highest BCUT2D eigenvalue weighted by molar-refractivity contribution is 5.96. The molecule has 6 rings (SSSR count). The summed E-state index contributed by atoms with van der Waals surface area (Å²) < 4.78 is 48.1. The van der Waals surface area contributed by atoms with E-state index in [1.807, 2.05) is 0 Å². The molecule has 2 aliphatic heterocycles. The molecule has 2 aliphatic carbocycles. The van der Waals surface area contributed by atoms with Crippen LogP contribution < -0.4 is 0 Å². The van der Waals surface area contributed by atoms with Crippen LogP contribution in [0.3, 0.4) is 0 Å². The van der Waals surface area contributed by atoms with Crippen molar-refractivity contribution in [2.45, 2.75) is 104 Å². The summed E-state index contributed by atoms with van der Waals surface area (Å²) in [5.41, 5.74) is -7.18. The number of hydrogen-bond donors (Lipinski definition) is 0. The number of aromatic nitrogens is 1. The Kier molecular flexibility index (Phi) is 10.5. The number of nitrogens with zero attached hydrogens (tertiary/aromatic N) is 1. The van der Waals surface area contributed by atoms with Gasteiger partial charge < -0.3 is 37.6 Å². The second-order valence-electron chi connectivity index (χ2n) is 16.4. The van der Waals surface area contributed by atoms with Crippen LogP contribution in [0.15, 0.2) is 59.7 Å².